The quantitative estimate of drug-likeness (QED) is 0.707. The molecule has 1 aliphatic carbocycles. The van der Waals surface area contributed by atoms with Crippen molar-refractivity contribution in [3.05, 3.63) is 52.3 Å². The zero-order chi connectivity index (χ0) is 13.6. The fourth-order valence-corrected chi connectivity index (χ4v) is 2.46. The van der Waals surface area contributed by atoms with Crippen molar-refractivity contribution >= 4 is 5.78 Å². The molecule has 0 unspecified atom stereocenters. The van der Waals surface area contributed by atoms with Crippen molar-refractivity contribution in [2.45, 2.75) is 19.8 Å². The first-order valence-corrected chi connectivity index (χ1v) is 6.11. The molecular formula is C15H13NO3. The number of carbonyl (C=O) groups excluding carboxylic acids is 1. The van der Waals surface area contributed by atoms with Crippen molar-refractivity contribution in [2.24, 2.45) is 0 Å². The molecule has 1 aromatic heterocycles. The van der Waals surface area contributed by atoms with Gasteiger partial charge in [0.25, 0.3) is 0 Å². The second-order valence-electron chi connectivity index (χ2n) is 4.85. The minimum Gasteiger partial charge on any atom is -0.504 e. The molecule has 0 spiro atoms. The van der Waals surface area contributed by atoms with Gasteiger partial charge in [-0.15, -0.1) is 0 Å². The van der Waals surface area contributed by atoms with Crippen LogP contribution in [0, 0.1) is 6.92 Å². The summed E-state index contributed by atoms with van der Waals surface area (Å²) in [5.74, 6) is -0.665. The number of hydrogen-bond acceptors (Lipinski definition) is 4. The van der Waals surface area contributed by atoms with Crippen molar-refractivity contribution in [1.82, 2.24) is 4.98 Å². The van der Waals surface area contributed by atoms with E-state index in [9.17, 15) is 15.0 Å². The lowest BCUT2D eigenvalue weighted by atomic mass is 10.0. The normalized spacial score (nSPS) is 13.6. The number of ketones is 1. The highest BCUT2D eigenvalue weighted by molar-refractivity contribution is 6.10. The number of carbonyl (C=O) groups is 1. The molecule has 4 heteroatoms. The van der Waals surface area contributed by atoms with Crippen LogP contribution < -0.4 is 0 Å². The molecule has 1 aliphatic rings. The van der Waals surface area contributed by atoms with Gasteiger partial charge in [-0.3, -0.25) is 9.78 Å². The number of benzene rings is 1. The average Bonchev–Trinajstić information content (AvgIpc) is 2.50. The molecule has 1 heterocycles. The predicted molar refractivity (Wildman–Crippen MR) is 69.6 cm³/mol. The summed E-state index contributed by atoms with van der Waals surface area (Å²) in [4.78, 5) is 16.7. The van der Waals surface area contributed by atoms with Crippen molar-refractivity contribution in [3.63, 3.8) is 0 Å². The topological polar surface area (TPSA) is 70.4 Å². The van der Waals surface area contributed by atoms with Crippen LogP contribution in [0.2, 0.25) is 0 Å². The summed E-state index contributed by atoms with van der Waals surface area (Å²) in [6, 6.07) is 4.75. The van der Waals surface area contributed by atoms with Crippen LogP contribution in [0.3, 0.4) is 0 Å². The highest BCUT2D eigenvalue weighted by Crippen LogP contribution is 2.32. The van der Waals surface area contributed by atoms with Gasteiger partial charge in [-0.2, -0.15) is 0 Å². The molecule has 0 saturated heterocycles. The number of rotatable bonds is 0. The monoisotopic (exact) mass is 255 g/mol. The lowest BCUT2D eigenvalue weighted by molar-refractivity contribution is 0.103. The molecule has 1 aromatic carbocycles. The maximum Gasteiger partial charge on any atom is 0.212 e. The minimum absolute atomic E-state index is 0.193. The summed E-state index contributed by atoms with van der Waals surface area (Å²) in [6.45, 7) is 1.94. The van der Waals surface area contributed by atoms with E-state index in [1.807, 2.05) is 13.0 Å². The third-order valence-corrected chi connectivity index (χ3v) is 3.43. The van der Waals surface area contributed by atoms with Crippen molar-refractivity contribution in [1.29, 1.82) is 0 Å². The summed E-state index contributed by atoms with van der Waals surface area (Å²) in [6.07, 6.45) is 3.02. The molecule has 2 N–H and O–H groups in total. The van der Waals surface area contributed by atoms with E-state index in [1.54, 1.807) is 6.20 Å². The molecule has 19 heavy (non-hydrogen) atoms. The van der Waals surface area contributed by atoms with Crippen LogP contribution >= 0.6 is 0 Å². The number of phenolic OH excluding ortho intramolecular Hbond substituents is 2. The zero-order valence-corrected chi connectivity index (χ0v) is 10.5. The Hall–Kier alpha value is -2.36. The van der Waals surface area contributed by atoms with Crippen LogP contribution in [-0.4, -0.2) is 21.0 Å². The van der Waals surface area contributed by atoms with E-state index in [1.165, 1.54) is 12.1 Å². The molecule has 96 valence electrons. The standard InChI is InChI=1S/C15H13NO3/c1-8-4-10-3-2-9-5-12(17)13(18)6-11(9)15(19)14(10)16-7-8/h4-7,17-18H,2-3H2,1H3. The highest BCUT2D eigenvalue weighted by Gasteiger charge is 2.24. The Morgan fingerprint density at radius 2 is 1.74 bits per heavy atom. The van der Waals surface area contributed by atoms with Crippen LogP contribution in [0.15, 0.2) is 24.4 Å². The van der Waals surface area contributed by atoms with E-state index in [4.69, 9.17) is 0 Å². The number of fused-ring (bicyclic) bond motifs is 2. The fourth-order valence-electron chi connectivity index (χ4n) is 2.46. The van der Waals surface area contributed by atoms with E-state index in [-0.39, 0.29) is 17.3 Å². The predicted octanol–water partition coefficient (Wildman–Crippen LogP) is 2.13. The van der Waals surface area contributed by atoms with Gasteiger partial charge in [0.2, 0.25) is 5.78 Å². The first-order chi connectivity index (χ1) is 9.06. The summed E-state index contributed by atoms with van der Waals surface area (Å²) >= 11 is 0. The highest BCUT2D eigenvalue weighted by atomic mass is 16.3. The third kappa shape index (κ3) is 1.85. The number of aromatic nitrogens is 1. The van der Waals surface area contributed by atoms with Gasteiger partial charge >= 0.3 is 0 Å². The molecule has 0 bridgehead atoms. The Morgan fingerprint density at radius 3 is 2.53 bits per heavy atom. The van der Waals surface area contributed by atoms with Crippen molar-refractivity contribution in [3.8, 4) is 11.5 Å². The van der Waals surface area contributed by atoms with Gasteiger partial charge in [0.1, 0.15) is 5.69 Å². The van der Waals surface area contributed by atoms with E-state index in [2.05, 4.69) is 4.98 Å². The number of pyridine rings is 1. The summed E-state index contributed by atoms with van der Waals surface area (Å²) in [5, 5.41) is 19.1. The Balaban J connectivity index is 2.20. The van der Waals surface area contributed by atoms with Gasteiger partial charge in [-0.1, -0.05) is 6.07 Å². The zero-order valence-electron chi connectivity index (χ0n) is 10.5. The Labute approximate surface area is 110 Å². The summed E-state index contributed by atoms with van der Waals surface area (Å²) in [7, 11) is 0. The molecule has 2 aromatic rings. The van der Waals surface area contributed by atoms with Crippen molar-refractivity contribution < 1.29 is 15.0 Å². The minimum atomic E-state index is -0.275. The van der Waals surface area contributed by atoms with Gasteiger partial charge in [0, 0.05) is 11.8 Å². The molecular weight excluding hydrogens is 242 g/mol. The largest absolute Gasteiger partial charge is 0.504 e. The molecule has 3 rings (SSSR count). The van der Waals surface area contributed by atoms with E-state index in [0.717, 1.165) is 16.7 Å². The van der Waals surface area contributed by atoms with Gasteiger partial charge in [0.15, 0.2) is 11.5 Å². The van der Waals surface area contributed by atoms with Crippen LogP contribution in [0.4, 0.5) is 0 Å². The number of nitrogens with zero attached hydrogens (tertiary/aromatic N) is 1. The van der Waals surface area contributed by atoms with Gasteiger partial charge < -0.3 is 10.2 Å². The van der Waals surface area contributed by atoms with Crippen molar-refractivity contribution in [2.75, 3.05) is 0 Å². The third-order valence-electron chi connectivity index (χ3n) is 3.43. The molecule has 0 fully saturated rings. The van der Waals surface area contributed by atoms with Gasteiger partial charge in [-0.05, 0) is 48.6 Å². The molecule has 0 amide bonds. The van der Waals surface area contributed by atoms with Gasteiger partial charge in [-0.25, -0.2) is 0 Å². The first kappa shape index (κ1) is 11.7. The SMILES string of the molecule is Cc1cnc2c(c1)CCc1cc(O)c(O)cc1C2=O. The Bertz CT molecular complexity index is 692. The molecule has 0 atom stereocenters. The van der Waals surface area contributed by atoms with Crippen LogP contribution in [0.1, 0.15) is 32.7 Å². The molecule has 0 saturated carbocycles. The lowest BCUT2D eigenvalue weighted by Gasteiger charge is -2.06. The Kier molecular flexibility index (Phi) is 2.52. The van der Waals surface area contributed by atoms with Crippen LogP contribution in [-0.2, 0) is 12.8 Å². The molecule has 4 nitrogen and oxygen atoms in total. The maximum absolute atomic E-state index is 12.4. The summed E-state index contributed by atoms with van der Waals surface area (Å²) in [5.41, 5.74) is 3.54. The number of aromatic hydroxyl groups is 2. The van der Waals surface area contributed by atoms with E-state index in [0.29, 0.717) is 24.1 Å². The van der Waals surface area contributed by atoms with Crippen LogP contribution in [0.25, 0.3) is 0 Å². The number of phenols is 2. The smallest absolute Gasteiger partial charge is 0.212 e. The average molecular weight is 255 g/mol. The van der Waals surface area contributed by atoms with E-state index >= 15 is 0 Å². The maximum atomic E-state index is 12.4. The van der Waals surface area contributed by atoms with E-state index < -0.39 is 0 Å². The number of hydrogen-bond donors (Lipinski definition) is 2. The second kappa shape index (κ2) is 4.09. The second-order valence-corrected chi connectivity index (χ2v) is 4.85. The fraction of sp³-hybridized carbons (Fsp3) is 0.200. The summed E-state index contributed by atoms with van der Waals surface area (Å²) < 4.78 is 0. The van der Waals surface area contributed by atoms with Crippen LogP contribution in [0.5, 0.6) is 11.5 Å². The molecule has 0 radical (unpaired) electrons. The number of aryl methyl sites for hydroxylation is 3. The first-order valence-electron chi connectivity index (χ1n) is 6.11. The lowest BCUT2D eigenvalue weighted by Crippen LogP contribution is -2.07. The molecule has 0 aliphatic heterocycles. The Morgan fingerprint density at radius 1 is 1.05 bits per heavy atom. The van der Waals surface area contributed by atoms with Gasteiger partial charge in [0.05, 0.1) is 0 Å².